The van der Waals surface area contributed by atoms with Crippen LogP contribution in [0.25, 0.3) is 11.1 Å². The van der Waals surface area contributed by atoms with E-state index in [9.17, 15) is 13.2 Å². The number of halogens is 4. The summed E-state index contributed by atoms with van der Waals surface area (Å²) in [5.41, 5.74) is 5.60. The largest absolute Gasteiger partial charge is 0.416 e. The van der Waals surface area contributed by atoms with Crippen molar-refractivity contribution in [1.29, 1.82) is 0 Å². The lowest BCUT2D eigenvalue weighted by Gasteiger charge is -2.11. The van der Waals surface area contributed by atoms with Gasteiger partial charge in [-0.25, -0.2) is 0 Å². The Morgan fingerprint density at radius 1 is 0.889 bits per heavy atom. The normalized spacial score (nSPS) is 12.1. The van der Waals surface area contributed by atoms with Crippen molar-refractivity contribution >= 4 is 23.0 Å². The molecule has 0 bridgehead atoms. The quantitative estimate of drug-likeness (QED) is 0.383. The van der Waals surface area contributed by atoms with E-state index in [4.69, 9.17) is 11.6 Å². The molecule has 2 nitrogen and oxygen atoms in total. The molecule has 138 valence electrons. The molecule has 0 heterocycles. The highest BCUT2D eigenvalue weighted by atomic mass is 35.5. The molecule has 0 aliphatic heterocycles. The zero-order valence-electron chi connectivity index (χ0n) is 14.4. The average Bonchev–Trinajstić information content (AvgIpc) is 2.67. The number of benzene rings is 3. The number of nitrogens with one attached hydrogen (secondary N) is 1. The van der Waals surface area contributed by atoms with Crippen LogP contribution in [0.5, 0.6) is 0 Å². The molecule has 3 aromatic carbocycles. The summed E-state index contributed by atoms with van der Waals surface area (Å²) < 4.78 is 38.5. The predicted molar refractivity (Wildman–Crippen MR) is 104 cm³/mol. The zero-order chi connectivity index (χ0) is 19.4. The van der Waals surface area contributed by atoms with Crippen LogP contribution in [0.15, 0.2) is 77.9 Å². The first-order valence-electron chi connectivity index (χ1n) is 8.17. The number of hydrazone groups is 1. The Labute approximate surface area is 160 Å². The smallest absolute Gasteiger partial charge is 0.277 e. The fourth-order valence-electron chi connectivity index (χ4n) is 2.53. The highest BCUT2D eigenvalue weighted by Crippen LogP contribution is 2.33. The van der Waals surface area contributed by atoms with Crippen LogP contribution in [0.2, 0.25) is 5.02 Å². The number of nitrogens with zero attached hydrogens (tertiary/aromatic N) is 1. The first kappa shape index (κ1) is 19.0. The summed E-state index contributed by atoms with van der Waals surface area (Å²) in [6.07, 6.45) is -4.44. The Morgan fingerprint density at radius 3 is 2.15 bits per heavy atom. The molecule has 0 saturated heterocycles. The van der Waals surface area contributed by atoms with Gasteiger partial charge in [-0.2, -0.15) is 18.3 Å². The highest BCUT2D eigenvalue weighted by Gasteiger charge is 2.30. The van der Waals surface area contributed by atoms with Crippen LogP contribution in [0.3, 0.4) is 0 Å². The van der Waals surface area contributed by atoms with Crippen molar-refractivity contribution in [3.63, 3.8) is 0 Å². The topological polar surface area (TPSA) is 24.4 Å². The fourth-order valence-corrected chi connectivity index (χ4v) is 2.69. The number of alkyl halides is 3. The van der Waals surface area contributed by atoms with Gasteiger partial charge in [0.15, 0.2) is 0 Å². The number of hydrogen-bond acceptors (Lipinski definition) is 2. The summed E-state index contributed by atoms with van der Waals surface area (Å²) in [5, 5.41) is 4.33. The molecular formula is C21H16ClF3N2. The monoisotopic (exact) mass is 388 g/mol. The van der Waals surface area contributed by atoms with Crippen molar-refractivity contribution in [3.05, 3.63) is 88.9 Å². The molecule has 0 spiro atoms. The van der Waals surface area contributed by atoms with Crippen molar-refractivity contribution in [2.75, 3.05) is 5.43 Å². The van der Waals surface area contributed by atoms with Crippen LogP contribution in [-0.4, -0.2) is 5.71 Å². The third-order valence-electron chi connectivity index (χ3n) is 4.05. The molecule has 3 aromatic rings. The van der Waals surface area contributed by atoms with E-state index < -0.39 is 11.7 Å². The van der Waals surface area contributed by atoms with Crippen molar-refractivity contribution in [2.45, 2.75) is 13.1 Å². The predicted octanol–water partition coefficient (Wildman–Crippen LogP) is 6.86. The highest BCUT2D eigenvalue weighted by molar-refractivity contribution is 6.33. The summed E-state index contributed by atoms with van der Waals surface area (Å²) in [5.74, 6) is 0. The van der Waals surface area contributed by atoms with E-state index >= 15 is 0 Å². The molecule has 27 heavy (non-hydrogen) atoms. The lowest BCUT2D eigenvalue weighted by Crippen LogP contribution is -2.06. The summed E-state index contributed by atoms with van der Waals surface area (Å²) >= 11 is 5.97. The minimum Gasteiger partial charge on any atom is -0.277 e. The fraction of sp³-hybridized carbons (Fsp3) is 0.0952. The van der Waals surface area contributed by atoms with E-state index in [2.05, 4.69) is 10.5 Å². The summed E-state index contributed by atoms with van der Waals surface area (Å²) in [4.78, 5) is 0. The Kier molecular flexibility index (Phi) is 5.51. The molecule has 0 fully saturated rings. The first-order chi connectivity index (χ1) is 12.8. The van der Waals surface area contributed by atoms with Gasteiger partial charge < -0.3 is 0 Å². The zero-order valence-corrected chi connectivity index (χ0v) is 15.1. The van der Waals surface area contributed by atoms with E-state index in [-0.39, 0.29) is 10.7 Å². The van der Waals surface area contributed by atoms with Gasteiger partial charge in [0.25, 0.3) is 0 Å². The van der Waals surface area contributed by atoms with E-state index in [0.717, 1.165) is 28.8 Å². The molecule has 6 heteroatoms. The second-order valence-electron chi connectivity index (χ2n) is 5.94. The van der Waals surface area contributed by atoms with Gasteiger partial charge in [-0.1, -0.05) is 66.2 Å². The van der Waals surface area contributed by atoms with Crippen LogP contribution in [0.1, 0.15) is 18.1 Å². The molecule has 0 atom stereocenters. The van der Waals surface area contributed by atoms with Crippen LogP contribution < -0.4 is 5.43 Å². The SMILES string of the molecule is C/C(=N/Nc1cc(C(F)(F)F)ccc1Cl)c1ccc(-c2ccccc2)cc1. The molecule has 0 unspecified atom stereocenters. The third kappa shape index (κ3) is 4.68. The van der Waals surface area contributed by atoms with Crippen molar-refractivity contribution in [3.8, 4) is 11.1 Å². The molecule has 3 rings (SSSR count). The Balaban J connectivity index is 1.78. The molecule has 0 aromatic heterocycles. The maximum absolute atomic E-state index is 12.8. The second kappa shape index (κ2) is 7.84. The van der Waals surface area contributed by atoms with Gasteiger partial charge >= 0.3 is 6.18 Å². The number of anilines is 1. The van der Waals surface area contributed by atoms with Crippen LogP contribution in [0.4, 0.5) is 18.9 Å². The lowest BCUT2D eigenvalue weighted by atomic mass is 10.0. The van der Waals surface area contributed by atoms with Gasteiger partial charge in [0.2, 0.25) is 0 Å². The average molecular weight is 389 g/mol. The lowest BCUT2D eigenvalue weighted by molar-refractivity contribution is -0.137. The van der Waals surface area contributed by atoms with E-state index in [1.165, 1.54) is 6.07 Å². The number of rotatable bonds is 4. The van der Waals surface area contributed by atoms with Crippen molar-refractivity contribution in [1.82, 2.24) is 0 Å². The molecule has 0 saturated carbocycles. The van der Waals surface area contributed by atoms with Gasteiger partial charge in [-0.3, -0.25) is 5.43 Å². The van der Waals surface area contributed by atoms with Crippen LogP contribution in [-0.2, 0) is 6.18 Å². The Bertz CT molecular complexity index is 949. The van der Waals surface area contributed by atoms with Gasteiger partial charge in [0.1, 0.15) is 0 Å². The maximum atomic E-state index is 12.8. The van der Waals surface area contributed by atoms with E-state index in [0.29, 0.717) is 5.71 Å². The van der Waals surface area contributed by atoms with E-state index in [1.54, 1.807) is 6.92 Å². The molecule has 0 amide bonds. The van der Waals surface area contributed by atoms with Gasteiger partial charge in [-0.15, -0.1) is 0 Å². The molecular weight excluding hydrogens is 373 g/mol. The molecule has 0 aliphatic carbocycles. The minimum absolute atomic E-state index is 0.103. The number of hydrogen-bond donors (Lipinski definition) is 1. The van der Waals surface area contributed by atoms with Crippen molar-refractivity contribution < 1.29 is 13.2 Å². The molecule has 0 radical (unpaired) electrons. The van der Waals surface area contributed by atoms with Crippen molar-refractivity contribution in [2.24, 2.45) is 5.10 Å². The van der Waals surface area contributed by atoms with Gasteiger partial charge in [0.05, 0.1) is 22.0 Å². The van der Waals surface area contributed by atoms with Crippen LogP contribution >= 0.6 is 11.6 Å². The minimum atomic E-state index is -4.44. The maximum Gasteiger partial charge on any atom is 0.416 e. The van der Waals surface area contributed by atoms with Gasteiger partial charge in [0, 0.05) is 0 Å². The third-order valence-corrected chi connectivity index (χ3v) is 4.38. The second-order valence-corrected chi connectivity index (χ2v) is 6.35. The summed E-state index contributed by atoms with van der Waals surface area (Å²) in [6.45, 7) is 1.77. The van der Waals surface area contributed by atoms with Gasteiger partial charge in [-0.05, 0) is 41.8 Å². The molecule has 0 aliphatic rings. The van der Waals surface area contributed by atoms with Crippen LogP contribution in [0, 0.1) is 0 Å². The molecule has 1 N–H and O–H groups in total. The first-order valence-corrected chi connectivity index (χ1v) is 8.55. The Morgan fingerprint density at radius 2 is 1.52 bits per heavy atom. The van der Waals surface area contributed by atoms with E-state index in [1.807, 2.05) is 54.6 Å². The summed E-state index contributed by atoms with van der Waals surface area (Å²) in [6, 6.07) is 20.8. The Hall–Kier alpha value is -2.79. The summed E-state index contributed by atoms with van der Waals surface area (Å²) in [7, 11) is 0. The standard InChI is InChI=1S/C21H16ClF3N2/c1-14(15-7-9-17(10-8-15)16-5-3-2-4-6-16)26-27-20-13-18(21(23,24)25)11-12-19(20)22/h2-13,27H,1H3/b26-14-.